The molecule has 0 aliphatic carbocycles. The first kappa shape index (κ1) is 23.5. The molecule has 1 unspecified atom stereocenters. The average molecular weight is 535 g/mol. The second kappa shape index (κ2) is 8.78. The number of carbonyl (C=O) groups is 1. The quantitative estimate of drug-likeness (QED) is 0.147. The normalized spacial score (nSPS) is 17.3. The van der Waals surface area contributed by atoms with Crippen molar-refractivity contribution in [2.45, 2.75) is 32.8 Å². The first-order chi connectivity index (χ1) is 16.3. The van der Waals surface area contributed by atoms with Crippen LogP contribution in [0.2, 0.25) is 20.1 Å². The highest BCUT2D eigenvalue weighted by Crippen LogP contribution is 2.55. The molecule has 4 nitrogen and oxygen atoms in total. The number of ether oxygens (including phenoxy) is 2. The van der Waals surface area contributed by atoms with E-state index in [4.69, 9.17) is 55.9 Å². The van der Waals surface area contributed by atoms with Crippen LogP contribution < -0.4 is 0 Å². The van der Waals surface area contributed by atoms with Crippen LogP contribution >= 0.6 is 46.4 Å². The maximum Gasteiger partial charge on any atom is 0.343 e. The number of benzene rings is 3. The van der Waals surface area contributed by atoms with Crippen LogP contribution in [0.15, 0.2) is 54.6 Å². The highest BCUT2D eigenvalue weighted by molar-refractivity contribution is 6.53. The van der Waals surface area contributed by atoms with Gasteiger partial charge in [0.05, 0.1) is 43.4 Å². The van der Waals surface area contributed by atoms with Crippen molar-refractivity contribution >= 4 is 63.3 Å². The van der Waals surface area contributed by atoms with Crippen molar-refractivity contribution in [3.63, 3.8) is 0 Å². The Morgan fingerprint density at radius 2 is 1.53 bits per heavy atom. The standard InChI is InChI=1S/C26H19Cl4NO3/c1-3-31-14(2)19(16-11-7-8-12-17(16)31)26(33-13-15-9-5-4-6-10-15)20-18(25(32)34-26)21(27)23(29)24(30)22(20)28/h4-12H,3,13H2,1-2H3. The van der Waals surface area contributed by atoms with Crippen molar-refractivity contribution in [2.24, 2.45) is 0 Å². The van der Waals surface area contributed by atoms with Gasteiger partial charge in [-0.3, -0.25) is 0 Å². The number of aromatic nitrogens is 1. The van der Waals surface area contributed by atoms with E-state index in [0.29, 0.717) is 12.1 Å². The van der Waals surface area contributed by atoms with Crippen LogP contribution in [0.3, 0.4) is 0 Å². The molecule has 0 spiro atoms. The maximum atomic E-state index is 13.3. The maximum absolute atomic E-state index is 13.3. The van der Waals surface area contributed by atoms with Gasteiger partial charge in [-0.1, -0.05) is 94.9 Å². The van der Waals surface area contributed by atoms with Crippen LogP contribution in [0.5, 0.6) is 0 Å². The molecule has 0 N–H and O–H groups in total. The molecule has 0 saturated heterocycles. The number of rotatable bonds is 5. The van der Waals surface area contributed by atoms with E-state index in [2.05, 4.69) is 11.5 Å². The lowest BCUT2D eigenvalue weighted by Gasteiger charge is -2.31. The van der Waals surface area contributed by atoms with Crippen molar-refractivity contribution in [1.82, 2.24) is 4.57 Å². The fraction of sp³-hybridized carbons (Fsp3) is 0.192. The lowest BCUT2D eigenvalue weighted by Crippen LogP contribution is -2.32. The minimum absolute atomic E-state index is 0.00407. The fourth-order valence-corrected chi connectivity index (χ4v) is 5.78. The van der Waals surface area contributed by atoms with E-state index in [-0.39, 0.29) is 37.8 Å². The van der Waals surface area contributed by atoms with Crippen molar-refractivity contribution in [3.8, 4) is 0 Å². The van der Waals surface area contributed by atoms with Gasteiger partial charge in [-0.25, -0.2) is 4.79 Å². The minimum atomic E-state index is -1.68. The highest BCUT2D eigenvalue weighted by atomic mass is 35.5. The number of hydrogen-bond donors (Lipinski definition) is 0. The Kier molecular flexibility index (Phi) is 6.07. The van der Waals surface area contributed by atoms with Gasteiger partial charge in [0.2, 0.25) is 0 Å². The minimum Gasteiger partial charge on any atom is -0.420 e. The fourth-order valence-electron chi connectivity index (χ4n) is 4.73. The summed E-state index contributed by atoms with van der Waals surface area (Å²) in [5.74, 6) is -2.36. The Balaban J connectivity index is 1.86. The molecule has 34 heavy (non-hydrogen) atoms. The average Bonchev–Trinajstić information content (AvgIpc) is 3.31. The molecule has 1 aliphatic rings. The topological polar surface area (TPSA) is 40.5 Å². The zero-order valence-electron chi connectivity index (χ0n) is 18.3. The van der Waals surface area contributed by atoms with E-state index in [9.17, 15) is 4.79 Å². The van der Waals surface area contributed by atoms with Gasteiger partial charge in [0.1, 0.15) is 0 Å². The molecule has 0 amide bonds. The third kappa shape index (κ3) is 3.35. The Hall–Kier alpha value is -2.21. The van der Waals surface area contributed by atoms with Crippen LogP contribution in [0, 0.1) is 6.92 Å². The van der Waals surface area contributed by atoms with Gasteiger partial charge >= 0.3 is 5.97 Å². The number of nitrogens with zero attached hydrogens (tertiary/aromatic N) is 1. The molecule has 1 atom stereocenters. The first-order valence-electron chi connectivity index (χ1n) is 10.7. The lowest BCUT2D eigenvalue weighted by molar-refractivity contribution is -0.181. The highest BCUT2D eigenvalue weighted by Gasteiger charge is 2.54. The molecule has 0 fully saturated rings. The van der Waals surface area contributed by atoms with Crippen molar-refractivity contribution < 1.29 is 14.3 Å². The third-order valence-electron chi connectivity index (χ3n) is 6.20. The number of hydrogen-bond acceptors (Lipinski definition) is 3. The van der Waals surface area contributed by atoms with Gasteiger partial charge in [-0.05, 0) is 25.5 Å². The molecule has 0 radical (unpaired) electrons. The number of carbonyl (C=O) groups excluding carboxylic acids is 1. The molecule has 4 aromatic rings. The van der Waals surface area contributed by atoms with E-state index in [1.54, 1.807) is 0 Å². The number of esters is 1. The molecule has 1 aromatic heterocycles. The number of fused-ring (bicyclic) bond motifs is 2. The summed E-state index contributed by atoms with van der Waals surface area (Å²) < 4.78 is 14.8. The van der Waals surface area contributed by atoms with Gasteiger partial charge in [0.25, 0.3) is 5.79 Å². The number of cyclic esters (lactones) is 1. The Morgan fingerprint density at radius 1 is 0.882 bits per heavy atom. The number of halogens is 4. The molecular weight excluding hydrogens is 516 g/mol. The van der Waals surface area contributed by atoms with E-state index in [1.165, 1.54) is 0 Å². The Morgan fingerprint density at radius 3 is 2.24 bits per heavy atom. The monoisotopic (exact) mass is 533 g/mol. The Labute approximate surface area is 216 Å². The first-order valence-corrected chi connectivity index (χ1v) is 12.2. The molecule has 8 heteroatoms. The van der Waals surface area contributed by atoms with E-state index in [1.807, 2.05) is 61.5 Å². The smallest absolute Gasteiger partial charge is 0.343 e. The summed E-state index contributed by atoms with van der Waals surface area (Å²) in [5, 5.41) is 0.954. The SMILES string of the molecule is CCn1c(C)c(C2(OCc3ccccc3)OC(=O)c3c(Cl)c(Cl)c(Cl)c(Cl)c32)c2ccccc21. The Bertz CT molecular complexity index is 1450. The van der Waals surface area contributed by atoms with Gasteiger partial charge in [-0.2, -0.15) is 0 Å². The van der Waals surface area contributed by atoms with Crippen LogP contribution in [-0.4, -0.2) is 10.5 Å². The summed E-state index contributed by atoms with van der Waals surface area (Å²) in [6.45, 7) is 4.87. The second-order valence-corrected chi connectivity index (χ2v) is 9.52. The molecule has 0 bridgehead atoms. The van der Waals surface area contributed by atoms with Crippen molar-refractivity contribution in [1.29, 1.82) is 0 Å². The third-order valence-corrected chi connectivity index (χ3v) is 8.00. The molecule has 2 heterocycles. The molecule has 174 valence electrons. The van der Waals surface area contributed by atoms with Crippen molar-refractivity contribution in [2.75, 3.05) is 0 Å². The van der Waals surface area contributed by atoms with Gasteiger partial charge < -0.3 is 14.0 Å². The zero-order valence-corrected chi connectivity index (χ0v) is 21.3. The summed E-state index contributed by atoms with van der Waals surface area (Å²) in [7, 11) is 0. The van der Waals surface area contributed by atoms with Crippen molar-refractivity contribution in [3.05, 3.63) is 103 Å². The predicted octanol–water partition coefficient (Wildman–Crippen LogP) is 8.17. The predicted molar refractivity (Wildman–Crippen MR) is 136 cm³/mol. The van der Waals surface area contributed by atoms with E-state index in [0.717, 1.165) is 22.2 Å². The van der Waals surface area contributed by atoms with Crippen LogP contribution in [0.25, 0.3) is 10.9 Å². The molecule has 3 aromatic carbocycles. The summed E-state index contributed by atoms with van der Waals surface area (Å²) >= 11 is 26.0. The summed E-state index contributed by atoms with van der Waals surface area (Å²) in [4.78, 5) is 13.3. The van der Waals surface area contributed by atoms with Gasteiger partial charge in [-0.15, -0.1) is 0 Å². The summed E-state index contributed by atoms with van der Waals surface area (Å²) in [5.41, 5.74) is 3.73. The van der Waals surface area contributed by atoms with Crippen LogP contribution in [0.4, 0.5) is 0 Å². The number of aryl methyl sites for hydroxylation is 1. The number of para-hydroxylation sites is 1. The molecule has 0 saturated carbocycles. The van der Waals surface area contributed by atoms with Gasteiger partial charge in [0.15, 0.2) is 0 Å². The molecule has 1 aliphatic heterocycles. The van der Waals surface area contributed by atoms with E-state index < -0.39 is 11.8 Å². The molecular formula is C26H19Cl4NO3. The van der Waals surface area contributed by atoms with Crippen LogP contribution in [0.1, 0.15) is 39.7 Å². The zero-order chi connectivity index (χ0) is 24.2. The summed E-state index contributed by atoms with van der Waals surface area (Å²) in [6, 6.07) is 17.5. The second-order valence-electron chi connectivity index (χ2n) is 8.01. The molecule has 5 rings (SSSR count). The lowest BCUT2D eigenvalue weighted by atomic mass is 9.92. The van der Waals surface area contributed by atoms with Crippen LogP contribution in [-0.2, 0) is 28.4 Å². The summed E-state index contributed by atoms with van der Waals surface area (Å²) in [6.07, 6.45) is 0. The van der Waals surface area contributed by atoms with E-state index >= 15 is 0 Å². The van der Waals surface area contributed by atoms with Gasteiger partial charge in [0, 0.05) is 23.1 Å². The largest absolute Gasteiger partial charge is 0.420 e.